The van der Waals surface area contributed by atoms with E-state index in [1.807, 2.05) is 30.7 Å². The minimum atomic E-state index is -4.66. The number of thioether (sulfide) groups is 1. The lowest BCUT2D eigenvalue weighted by Gasteiger charge is -2.44. The molecule has 13 heteroatoms. The van der Waals surface area contributed by atoms with Gasteiger partial charge in [-0.3, -0.25) is 14.3 Å². The predicted octanol–water partition coefficient (Wildman–Crippen LogP) is 5.40. The third-order valence-corrected chi connectivity index (χ3v) is 9.44. The number of thiophene rings is 1. The molecule has 0 bridgehead atoms. The molecule has 3 aromatic rings. The van der Waals surface area contributed by atoms with Gasteiger partial charge >= 0.3 is 11.9 Å². The molecule has 2 aromatic heterocycles. The lowest BCUT2D eigenvalue weighted by molar-refractivity contribution is -0.137. The number of halogens is 4. The van der Waals surface area contributed by atoms with E-state index < -0.39 is 17.4 Å². The van der Waals surface area contributed by atoms with Gasteiger partial charge < -0.3 is 9.80 Å². The molecule has 2 atom stereocenters. The van der Waals surface area contributed by atoms with Crippen molar-refractivity contribution >= 4 is 57.3 Å². The van der Waals surface area contributed by atoms with Crippen molar-refractivity contribution < 1.29 is 18.0 Å². The molecule has 2 aliphatic rings. The molecule has 1 fully saturated rings. The number of hydrogen-bond acceptors (Lipinski definition) is 7. The molecule has 1 aromatic carbocycles. The summed E-state index contributed by atoms with van der Waals surface area (Å²) in [4.78, 5) is 36.6. The molecule has 7 nitrogen and oxygen atoms in total. The predicted molar refractivity (Wildman–Crippen MR) is 151 cm³/mol. The van der Waals surface area contributed by atoms with Crippen molar-refractivity contribution in [2.24, 2.45) is 0 Å². The fourth-order valence-electron chi connectivity index (χ4n) is 5.47. The first-order chi connectivity index (χ1) is 18.4. The maximum atomic E-state index is 14.7. The molecule has 0 radical (unpaired) electrons. The molecule has 5 rings (SSSR count). The highest BCUT2D eigenvalue weighted by Gasteiger charge is 2.39. The third-order valence-electron chi connectivity index (χ3n) is 7.07. The van der Waals surface area contributed by atoms with Gasteiger partial charge in [0.05, 0.1) is 22.8 Å². The van der Waals surface area contributed by atoms with Crippen LogP contribution in [0.4, 0.5) is 19.0 Å². The van der Waals surface area contributed by atoms with Crippen molar-refractivity contribution in [2.45, 2.75) is 43.7 Å². The zero-order valence-electron chi connectivity index (χ0n) is 21.6. The third kappa shape index (κ3) is 5.07. The van der Waals surface area contributed by atoms with Gasteiger partial charge in [-0.25, -0.2) is 4.79 Å². The van der Waals surface area contributed by atoms with E-state index in [9.17, 15) is 22.8 Å². The number of piperazine rings is 1. The van der Waals surface area contributed by atoms with Crippen molar-refractivity contribution in [1.82, 2.24) is 19.4 Å². The van der Waals surface area contributed by atoms with E-state index in [0.717, 1.165) is 17.4 Å². The first-order valence-corrected chi connectivity index (χ1v) is 14.6. The topological polar surface area (TPSA) is 61.7 Å². The molecule has 1 saturated heterocycles. The van der Waals surface area contributed by atoms with Crippen LogP contribution in [0.5, 0.6) is 0 Å². The summed E-state index contributed by atoms with van der Waals surface area (Å²) in [5.74, 6) is 0.522. The van der Waals surface area contributed by atoms with Crippen molar-refractivity contribution in [3.05, 3.63) is 51.2 Å². The molecule has 0 spiro atoms. The highest BCUT2D eigenvalue weighted by molar-refractivity contribution is 7.99. The van der Waals surface area contributed by atoms with Crippen LogP contribution in [0.2, 0.25) is 5.02 Å². The number of carbonyl (C=O) groups excluding carboxylic acids is 1. The molecule has 2 unspecified atom stereocenters. The van der Waals surface area contributed by atoms with Gasteiger partial charge in [0, 0.05) is 63.6 Å². The van der Waals surface area contributed by atoms with E-state index in [4.69, 9.17) is 11.6 Å². The Kier molecular flexibility index (Phi) is 7.51. The highest BCUT2D eigenvalue weighted by atomic mass is 35.5. The molecular weight excluding hydrogens is 571 g/mol. The zero-order valence-corrected chi connectivity index (χ0v) is 24.0. The standard InChI is InChI=1S/C26H27ClF3N5O2S2/c1-5-20(36)35-14(2)10-33(11-15(35)3)24-17-9-18(26(28,29)30)21(19-8-16(27)12-39-19)23-22(17)34(25(37)31-24)13-32(4)6-7-38-23/h5,8-9,12,14-15H,1,6-7,10-11,13H2,2-4H3. The van der Waals surface area contributed by atoms with Crippen molar-refractivity contribution in [2.75, 3.05) is 37.3 Å². The molecule has 2 aliphatic heterocycles. The van der Waals surface area contributed by atoms with Crippen LogP contribution in [0.25, 0.3) is 21.3 Å². The number of nitrogens with zero attached hydrogens (tertiary/aromatic N) is 5. The Bertz CT molecular complexity index is 1510. The maximum absolute atomic E-state index is 14.7. The van der Waals surface area contributed by atoms with Crippen LogP contribution >= 0.6 is 34.7 Å². The van der Waals surface area contributed by atoms with E-state index in [0.29, 0.717) is 45.7 Å². The quantitative estimate of drug-likeness (QED) is 0.377. The summed E-state index contributed by atoms with van der Waals surface area (Å²) in [6, 6.07) is 2.12. The Morgan fingerprint density at radius 3 is 2.51 bits per heavy atom. The Morgan fingerprint density at radius 2 is 1.92 bits per heavy atom. The number of alkyl halides is 3. The summed E-state index contributed by atoms with van der Waals surface area (Å²) in [7, 11) is 1.86. The molecule has 4 heterocycles. The van der Waals surface area contributed by atoms with E-state index in [-0.39, 0.29) is 41.4 Å². The van der Waals surface area contributed by atoms with Crippen LogP contribution < -0.4 is 10.6 Å². The summed E-state index contributed by atoms with van der Waals surface area (Å²) in [6.45, 7) is 8.69. The Labute approximate surface area is 236 Å². The minimum absolute atomic E-state index is 0.0369. The van der Waals surface area contributed by atoms with Crippen LogP contribution in [0.15, 0.2) is 39.9 Å². The largest absolute Gasteiger partial charge is 0.417 e. The monoisotopic (exact) mass is 597 g/mol. The normalized spacial score (nSPS) is 20.7. The number of rotatable bonds is 3. The van der Waals surface area contributed by atoms with Crippen LogP contribution in [0.3, 0.4) is 0 Å². The van der Waals surface area contributed by atoms with Gasteiger partial charge in [0.15, 0.2) is 0 Å². The Morgan fingerprint density at radius 1 is 1.23 bits per heavy atom. The van der Waals surface area contributed by atoms with Crippen LogP contribution in [-0.4, -0.2) is 69.8 Å². The van der Waals surface area contributed by atoms with Gasteiger partial charge in [0.25, 0.3) is 0 Å². The SMILES string of the molecule is C=CC(=O)N1C(C)CN(c2nc(=O)n3c4c(c(-c5cc(Cl)cs5)c(C(F)(F)F)cc24)SCCN(C)C3)CC1C. The van der Waals surface area contributed by atoms with Gasteiger partial charge in [-0.1, -0.05) is 18.2 Å². The minimum Gasteiger partial charge on any atom is -0.352 e. The summed E-state index contributed by atoms with van der Waals surface area (Å²) in [5.41, 5.74) is -0.860. The van der Waals surface area contributed by atoms with Crippen molar-refractivity contribution in [3.8, 4) is 10.4 Å². The first-order valence-electron chi connectivity index (χ1n) is 12.3. The second-order valence-corrected chi connectivity index (χ2v) is 12.4. The first kappa shape index (κ1) is 28.0. The maximum Gasteiger partial charge on any atom is 0.417 e. The summed E-state index contributed by atoms with van der Waals surface area (Å²) in [5, 5.41) is 2.22. The second-order valence-electron chi connectivity index (χ2n) is 9.92. The molecule has 208 valence electrons. The van der Waals surface area contributed by atoms with Crippen LogP contribution in [0.1, 0.15) is 19.4 Å². The van der Waals surface area contributed by atoms with E-state index in [1.54, 1.807) is 10.3 Å². The summed E-state index contributed by atoms with van der Waals surface area (Å²) >= 11 is 8.59. The van der Waals surface area contributed by atoms with E-state index in [2.05, 4.69) is 11.6 Å². The number of benzene rings is 1. The molecule has 1 amide bonds. The number of amides is 1. The smallest absolute Gasteiger partial charge is 0.352 e. The lowest BCUT2D eigenvalue weighted by atomic mass is 10.0. The Hall–Kier alpha value is -2.54. The lowest BCUT2D eigenvalue weighted by Crippen LogP contribution is -2.58. The highest BCUT2D eigenvalue weighted by Crippen LogP contribution is 2.49. The number of carbonyl (C=O) groups is 1. The zero-order chi connectivity index (χ0) is 28.2. The average Bonchev–Trinajstić information content (AvgIpc) is 3.28. The van der Waals surface area contributed by atoms with Gasteiger partial charge in [0.1, 0.15) is 5.82 Å². The van der Waals surface area contributed by atoms with Gasteiger partial charge in [-0.2, -0.15) is 18.2 Å². The Balaban J connectivity index is 1.82. The fraction of sp³-hybridized carbons (Fsp3) is 0.423. The van der Waals surface area contributed by atoms with Gasteiger partial charge in [-0.15, -0.1) is 23.1 Å². The van der Waals surface area contributed by atoms with Crippen molar-refractivity contribution in [3.63, 3.8) is 0 Å². The van der Waals surface area contributed by atoms with E-state index >= 15 is 0 Å². The molecule has 0 saturated carbocycles. The fourth-order valence-corrected chi connectivity index (χ4v) is 8.00. The van der Waals surface area contributed by atoms with Crippen LogP contribution in [0, 0.1) is 0 Å². The molecular formula is C26H27ClF3N5O2S2. The van der Waals surface area contributed by atoms with E-state index in [1.165, 1.54) is 28.5 Å². The van der Waals surface area contributed by atoms with Crippen LogP contribution in [-0.2, 0) is 17.6 Å². The molecule has 0 aliphatic carbocycles. The second kappa shape index (κ2) is 10.5. The van der Waals surface area contributed by atoms with Gasteiger partial charge in [-0.05, 0) is 39.1 Å². The molecule has 0 N–H and O–H groups in total. The summed E-state index contributed by atoms with van der Waals surface area (Å²) in [6.07, 6.45) is -3.41. The number of aromatic nitrogens is 2. The number of hydrogen-bond donors (Lipinski definition) is 0. The summed E-state index contributed by atoms with van der Waals surface area (Å²) < 4.78 is 45.6. The average molecular weight is 598 g/mol. The van der Waals surface area contributed by atoms with Crippen molar-refractivity contribution in [1.29, 1.82) is 0 Å². The molecule has 39 heavy (non-hydrogen) atoms. The number of anilines is 1. The van der Waals surface area contributed by atoms with Gasteiger partial charge in [0.2, 0.25) is 5.91 Å².